The lowest BCUT2D eigenvalue weighted by atomic mass is 9.86. The van der Waals surface area contributed by atoms with Gasteiger partial charge in [-0.2, -0.15) is 0 Å². The first kappa shape index (κ1) is 17.2. The zero-order chi connectivity index (χ0) is 18.4. The van der Waals surface area contributed by atoms with Crippen molar-refractivity contribution in [2.24, 2.45) is 17.8 Å². The smallest absolute Gasteiger partial charge is 0.247 e. The Bertz CT molecular complexity index is 830. The van der Waals surface area contributed by atoms with Crippen molar-refractivity contribution in [3.8, 4) is 11.5 Å². The van der Waals surface area contributed by atoms with Gasteiger partial charge in [-0.1, -0.05) is 18.0 Å². The first-order valence-electron chi connectivity index (χ1n) is 10.0. The molecule has 3 fully saturated rings. The molecule has 5 rings (SSSR count). The van der Waals surface area contributed by atoms with E-state index in [2.05, 4.69) is 10.2 Å². The van der Waals surface area contributed by atoms with Crippen molar-refractivity contribution in [2.75, 3.05) is 0 Å². The van der Waals surface area contributed by atoms with Crippen molar-refractivity contribution < 1.29 is 9.21 Å². The standard InChI is InChI=1S/C21H24ClN3O2/c22-17-5-3-14(4-6-17)21-24-23-19(27-21)12-25(18-7-8-18)20(26)11-16-10-13-1-2-15(16)9-13/h3-6,13,15-16,18H,1-2,7-12H2. The van der Waals surface area contributed by atoms with Crippen molar-refractivity contribution in [3.05, 3.63) is 35.2 Å². The summed E-state index contributed by atoms with van der Waals surface area (Å²) in [5, 5.41) is 8.99. The molecular weight excluding hydrogens is 362 g/mol. The van der Waals surface area contributed by atoms with Gasteiger partial charge in [0.25, 0.3) is 0 Å². The molecule has 3 saturated carbocycles. The maximum Gasteiger partial charge on any atom is 0.247 e. The van der Waals surface area contributed by atoms with Gasteiger partial charge in [0, 0.05) is 23.0 Å². The van der Waals surface area contributed by atoms with Gasteiger partial charge in [-0.05, 0) is 74.1 Å². The summed E-state index contributed by atoms with van der Waals surface area (Å²) in [4.78, 5) is 15.0. The fourth-order valence-corrected chi connectivity index (χ4v) is 5.07. The molecule has 1 aromatic carbocycles. The molecule has 3 aliphatic carbocycles. The topological polar surface area (TPSA) is 59.2 Å². The second-order valence-electron chi connectivity index (χ2n) is 8.40. The predicted molar refractivity (Wildman–Crippen MR) is 102 cm³/mol. The number of hydrogen-bond donors (Lipinski definition) is 0. The van der Waals surface area contributed by atoms with Crippen LogP contribution in [0.25, 0.3) is 11.5 Å². The molecule has 2 bridgehead atoms. The van der Waals surface area contributed by atoms with Crippen LogP contribution in [0, 0.1) is 17.8 Å². The normalized spacial score (nSPS) is 26.5. The molecule has 0 spiro atoms. The molecule has 0 saturated heterocycles. The summed E-state index contributed by atoms with van der Waals surface area (Å²) in [5.41, 5.74) is 0.837. The minimum atomic E-state index is 0.265. The summed E-state index contributed by atoms with van der Waals surface area (Å²) in [7, 11) is 0. The van der Waals surface area contributed by atoms with Gasteiger partial charge in [0.15, 0.2) is 0 Å². The average Bonchev–Trinajstić information content (AvgIpc) is 3.06. The van der Waals surface area contributed by atoms with Crippen LogP contribution in [0.2, 0.25) is 5.02 Å². The van der Waals surface area contributed by atoms with Crippen LogP contribution in [0.3, 0.4) is 0 Å². The Morgan fingerprint density at radius 2 is 1.93 bits per heavy atom. The van der Waals surface area contributed by atoms with Gasteiger partial charge < -0.3 is 9.32 Å². The number of amides is 1. The first-order valence-corrected chi connectivity index (χ1v) is 10.4. The van der Waals surface area contributed by atoms with E-state index in [9.17, 15) is 4.79 Å². The van der Waals surface area contributed by atoms with Crippen molar-refractivity contribution in [2.45, 2.75) is 57.5 Å². The molecule has 2 aromatic rings. The van der Waals surface area contributed by atoms with E-state index in [4.69, 9.17) is 16.0 Å². The third kappa shape index (κ3) is 3.62. The number of halogens is 1. The van der Waals surface area contributed by atoms with Gasteiger partial charge in [-0.3, -0.25) is 4.79 Å². The zero-order valence-corrected chi connectivity index (χ0v) is 16.1. The third-order valence-corrected chi connectivity index (χ3v) is 6.74. The molecule has 1 aromatic heterocycles. The second kappa shape index (κ2) is 6.93. The van der Waals surface area contributed by atoms with Crippen LogP contribution >= 0.6 is 11.6 Å². The molecular formula is C21H24ClN3O2. The van der Waals surface area contributed by atoms with Gasteiger partial charge in [0.1, 0.15) is 0 Å². The fourth-order valence-electron chi connectivity index (χ4n) is 4.95. The molecule has 0 aliphatic heterocycles. The van der Waals surface area contributed by atoms with Crippen LogP contribution in [-0.2, 0) is 11.3 Å². The minimum Gasteiger partial charge on any atom is -0.419 e. The van der Waals surface area contributed by atoms with E-state index in [1.165, 1.54) is 25.7 Å². The van der Waals surface area contributed by atoms with Gasteiger partial charge in [-0.15, -0.1) is 10.2 Å². The number of benzene rings is 1. The summed E-state index contributed by atoms with van der Waals surface area (Å²) in [6, 6.07) is 7.67. The third-order valence-electron chi connectivity index (χ3n) is 6.49. The van der Waals surface area contributed by atoms with E-state index in [0.717, 1.165) is 30.2 Å². The highest BCUT2D eigenvalue weighted by molar-refractivity contribution is 6.30. The number of fused-ring (bicyclic) bond motifs is 2. The van der Waals surface area contributed by atoms with Gasteiger partial charge >= 0.3 is 0 Å². The Morgan fingerprint density at radius 3 is 2.59 bits per heavy atom. The van der Waals surface area contributed by atoms with Crippen LogP contribution in [0.1, 0.15) is 50.8 Å². The summed E-state index contributed by atoms with van der Waals surface area (Å²) in [5.74, 6) is 3.48. The highest BCUT2D eigenvalue weighted by atomic mass is 35.5. The highest BCUT2D eigenvalue weighted by Gasteiger charge is 2.42. The number of hydrogen-bond acceptors (Lipinski definition) is 4. The summed E-state index contributed by atoms with van der Waals surface area (Å²) < 4.78 is 5.83. The second-order valence-corrected chi connectivity index (χ2v) is 8.84. The summed E-state index contributed by atoms with van der Waals surface area (Å²) >= 11 is 5.93. The molecule has 6 heteroatoms. The van der Waals surface area contributed by atoms with Crippen LogP contribution in [0.5, 0.6) is 0 Å². The summed E-state index contributed by atoms with van der Waals surface area (Å²) in [6.07, 6.45) is 8.14. The maximum absolute atomic E-state index is 13.0. The maximum atomic E-state index is 13.0. The first-order chi connectivity index (χ1) is 13.2. The molecule has 3 unspecified atom stereocenters. The van der Waals surface area contributed by atoms with Crippen LogP contribution in [0.15, 0.2) is 28.7 Å². The van der Waals surface area contributed by atoms with Crippen molar-refractivity contribution in [1.29, 1.82) is 0 Å². The van der Waals surface area contributed by atoms with E-state index >= 15 is 0 Å². The predicted octanol–water partition coefficient (Wildman–Crippen LogP) is 4.71. The molecule has 0 N–H and O–H groups in total. The van der Waals surface area contributed by atoms with E-state index in [1.807, 2.05) is 17.0 Å². The van der Waals surface area contributed by atoms with Crippen LogP contribution in [-0.4, -0.2) is 27.0 Å². The van der Waals surface area contributed by atoms with E-state index in [-0.39, 0.29) is 5.91 Å². The van der Waals surface area contributed by atoms with Crippen molar-refractivity contribution in [1.82, 2.24) is 15.1 Å². The van der Waals surface area contributed by atoms with E-state index < -0.39 is 0 Å². The lowest BCUT2D eigenvalue weighted by Gasteiger charge is -2.26. The van der Waals surface area contributed by atoms with Crippen molar-refractivity contribution >= 4 is 17.5 Å². The Labute approximate surface area is 164 Å². The lowest BCUT2D eigenvalue weighted by molar-refractivity contribution is -0.134. The number of carbonyl (C=O) groups excluding carboxylic acids is 1. The number of carbonyl (C=O) groups is 1. The van der Waals surface area contributed by atoms with Crippen molar-refractivity contribution in [3.63, 3.8) is 0 Å². The SMILES string of the molecule is O=C(CC1CC2CCC1C2)N(Cc1nnc(-c2ccc(Cl)cc2)o1)C1CC1. The number of nitrogens with zero attached hydrogens (tertiary/aromatic N) is 3. The molecule has 5 nitrogen and oxygen atoms in total. The average molecular weight is 386 g/mol. The molecule has 27 heavy (non-hydrogen) atoms. The molecule has 1 amide bonds. The summed E-state index contributed by atoms with van der Waals surface area (Å²) in [6.45, 7) is 0.422. The molecule has 142 valence electrons. The van der Waals surface area contributed by atoms with Crippen LogP contribution < -0.4 is 0 Å². The molecule has 0 radical (unpaired) electrons. The van der Waals surface area contributed by atoms with Gasteiger partial charge in [-0.25, -0.2) is 0 Å². The Morgan fingerprint density at radius 1 is 1.11 bits per heavy atom. The largest absolute Gasteiger partial charge is 0.419 e. The Balaban J connectivity index is 1.26. The fraction of sp³-hybridized carbons (Fsp3) is 0.571. The highest BCUT2D eigenvalue weighted by Crippen LogP contribution is 2.50. The van der Waals surface area contributed by atoms with Gasteiger partial charge in [0.2, 0.25) is 17.7 Å². The Kier molecular flexibility index (Phi) is 4.43. The minimum absolute atomic E-state index is 0.265. The molecule has 3 aliphatic rings. The van der Waals surface area contributed by atoms with E-state index in [0.29, 0.717) is 41.7 Å². The van der Waals surface area contributed by atoms with E-state index in [1.54, 1.807) is 12.1 Å². The monoisotopic (exact) mass is 385 g/mol. The van der Waals surface area contributed by atoms with Crippen LogP contribution in [0.4, 0.5) is 0 Å². The lowest BCUT2D eigenvalue weighted by Crippen LogP contribution is -2.34. The number of rotatable bonds is 6. The Hall–Kier alpha value is -1.88. The zero-order valence-electron chi connectivity index (χ0n) is 15.3. The van der Waals surface area contributed by atoms with Gasteiger partial charge in [0.05, 0.1) is 6.54 Å². The quantitative estimate of drug-likeness (QED) is 0.722. The molecule has 1 heterocycles. The number of aromatic nitrogens is 2. The molecule has 3 atom stereocenters.